The van der Waals surface area contributed by atoms with E-state index >= 15 is 0 Å². The van der Waals surface area contributed by atoms with Gasteiger partial charge in [0, 0.05) is 42.7 Å². The molecule has 25 heavy (non-hydrogen) atoms. The lowest BCUT2D eigenvalue weighted by Gasteiger charge is -2.32. The van der Waals surface area contributed by atoms with Gasteiger partial charge in [0.1, 0.15) is 11.9 Å². The smallest absolute Gasteiger partial charge is 0.255 e. The first-order valence-corrected chi connectivity index (χ1v) is 8.91. The van der Waals surface area contributed by atoms with E-state index in [1.165, 1.54) is 0 Å². The summed E-state index contributed by atoms with van der Waals surface area (Å²) >= 11 is 12.0. The van der Waals surface area contributed by atoms with Crippen LogP contribution in [-0.2, 0) is 0 Å². The molecule has 0 radical (unpaired) electrons. The molecule has 1 amide bonds. The van der Waals surface area contributed by atoms with Crippen molar-refractivity contribution in [2.75, 3.05) is 13.1 Å². The average molecular weight is 380 g/mol. The molecular weight excluding hydrogens is 361 g/mol. The van der Waals surface area contributed by atoms with Gasteiger partial charge in [0.25, 0.3) is 5.91 Å². The number of amides is 1. The molecule has 0 saturated carbocycles. The van der Waals surface area contributed by atoms with Gasteiger partial charge in [0.05, 0.1) is 10.6 Å². The highest BCUT2D eigenvalue weighted by molar-refractivity contribution is 6.36. The normalized spacial score (nSPS) is 15.3. The summed E-state index contributed by atoms with van der Waals surface area (Å²) in [5, 5.41) is 0.895. The lowest BCUT2D eigenvalue weighted by molar-refractivity contribution is 0.0587. The third-order valence-electron chi connectivity index (χ3n) is 4.12. The zero-order valence-corrected chi connectivity index (χ0v) is 15.6. The van der Waals surface area contributed by atoms with Gasteiger partial charge in [-0.1, -0.05) is 23.2 Å². The van der Waals surface area contributed by atoms with E-state index in [1.54, 1.807) is 23.1 Å². The van der Waals surface area contributed by atoms with Crippen molar-refractivity contribution in [1.29, 1.82) is 0 Å². The molecule has 1 fully saturated rings. The summed E-state index contributed by atoms with van der Waals surface area (Å²) in [6, 6.07) is 6.77. The predicted molar refractivity (Wildman–Crippen MR) is 97.5 cm³/mol. The minimum absolute atomic E-state index is 0.0402. The number of carbonyl (C=O) groups is 1. The lowest BCUT2D eigenvalue weighted by atomic mass is 10.1. The second-order valence-electron chi connectivity index (χ2n) is 6.13. The maximum Gasteiger partial charge on any atom is 0.255 e. The monoisotopic (exact) mass is 379 g/mol. The molecule has 5 nitrogen and oxygen atoms in total. The molecule has 1 saturated heterocycles. The first-order valence-electron chi connectivity index (χ1n) is 8.15. The van der Waals surface area contributed by atoms with Gasteiger partial charge in [0.15, 0.2) is 0 Å². The van der Waals surface area contributed by atoms with E-state index in [9.17, 15) is 4.79 Å². The van der Waals surface area contributed by atoms with Crippen molar-refractivity contribution in [3.8, 4) is 5.88 Å². The number of halogens is 2. The Labute approximate surface area is 156 Å². The molecule has 0 aliphatic carbocycles. The summed E-state index contributed by atoms with van der Waals surface area (Å²) in [5.74, 6) is 1.21. The molecule has 1 aliphatic heterocycles. The molecular formula is C18H19Cl2N3O2. The first kappa shape index (κ1) is 18.0. The third-order valence-corrected chi connectivity index (χ3v) is 4.67. The number of benzene rings is 1. The van der Waals surface area contributed by atoms with Crippen LogP contribution in [0, 0.1) is 13.8 Å². The summed E-state index contributed by atoms with van der Waals surface area (Å²) in [5.41, 5.74) is 1.36. The van der Waals surface area contributed by atoms with Crippen LogP contribution in [0.3, 0.4) is 0 Å². The summed E-state index contributed by atoms with van der Waals surface area (Å²) in [4.78, 5) is 23.0. The Kier molecular flexibility index (Phi) is 5.45. The van der Waals surface area contributed by atoms with Crippen LogP contribution in [0.4, 0.5) is 0 Å². The number of aryl methyl sites for hydroxylation is 2. The minimum Gasteiger partial charge on any atom is -0.474 e. The van der Waals surface area contributed by atoms with Crippen LogP contribution in [-0.4, -0.2) is 40.0 Å². The second-order valence-corrected chi connectivity index (χ2v) is 6.97. The maximum atomic E-state index is 12.6. The van der Waals surface area contributed by atoms with Gasteiger partial charge in [-0.15, -0.1) is 0 Å². The zero-order valence-electron chi connectivity index (χ0n) is 14.1. The van der Waals surface area contributed by atoms with Crippen molar-refractivity contribution >= 4 is 29.1 Å². The fourth-order valence-corrected chi connectivity index (χ4v) is 3.41. The Balaban J connectivity index is 1.60. The molecule has 0 atom stereocenters. The van der Waals surface area contributed by atoms with Crippen LogP contribution in [0.5, 0.6) is 5.88 Å². The lowest BCUT2D eigenvalue weighted by Crippen LogP contribution is -2.42. The van der Waals surface area contributed by atoms with Crippen LogP contribution >= 0.6 is 23.2 Å². The van der Waals surface area contributed by atoms with Crippen LogP contribution in [0.25, 0.3) is 0 Å². The van der Waals surface area contributed by atoms with Crippen molar-refractivity contribution in [2.24, 2.45) is 0 Å². The van der Waals surface area contributed by atoms with E-state index in [-0.39, 0.29) is 12.0 Å². The number of nitrogens with zero attached hydrogens (tertiary/aromatic N) is 3. The number of ether oxygens (including phenoxy) is 1. The van der Waals surface area contributed by atoms with Gasteiger partial charge in [-0.05, 0) is 32.0 Å². The SMILES string of the molecule is Cc1cc(OC2CCN(C(=O)c3ccc(Cl)cc3Cl)CC2)nc(C)n1. The quantitative estimate of drug-likeness (QED) is 0.805. The highest BCUT2D eigenvalue weighted by atomic mass is 35.5. The molecule has 0 N–H and O–H groups in total. The zero-order chi connectivity index (χ0) is 18.0. The average Bonchev–Trinajstić information content (AvgIpc) is 2.54. The number of hydrogen-bond donors (Lipinski definition) is 0. The topological polar surface area (TPSA) is 55.3 Å². The Morgan fingerprint density at radius 3 is 2.52 bits per heavy atom. The number of likely N-dealkylation sites (tertiary alicyclic amines) is 1. The Bertz CT molecular complexity index is 770. The first-order chi connectivity index (χ1) is 11.9. The van der Waals surface area contributed by atoms with Crippen molar-refractivity contribution < 1.29 is 9.53 Å². The largest absolute Gasteiger partial charge is 0.474 e. The van der Waals surface area contributed by atoms with Gasteiger partial charge in [-0.3, -0.25) is 4.79 Å². The van der Waals surface area contributed by atoms with Gasteiger partial charge in [-0.25, -0.2) is 4.98 Å². The molecule has 1 aromatic carbocycles. The number of hydrogen-bond acceptors (Lipinski definition) is 4. The summed E-state index contributed by atoms with van der Waals surface area (Å²) in [6.07, 6.45) is 1.54. The fourth-order valence-electron chi connectivity index (χ4n) is 2.92. The maximum absolute atomic E-state index is 12.6. The molecule has 2 aromatic rings. The van der Waals surface area contributed by atoms with Crippen LogP contribution in [0.15, 0.2) is 24.3 Å². The number of piperidine rings is 1. The van der Waals surface area contributed by atoms with Crippen LogP contribution < -0.4 is 4.74 Å². The molecule has 0 spiro atoms. The van der Waals surface area contributed by atoms with E-state index in [0.717, 1.165) is 18.5 Å². The van der Waals surface area contributed by atoms with Gasteiger partial charge >= 0.3 is 0 Å². The third kappa shape index (κ3) is 4.41. The molecule has 132 valence electrons. The van der Waals surface area contributed by atoms with Crippen molar-refractivity contribution in [3.63, 3.8) is 0 Å². The Morgan fingerprint density at radius 2 is 1.88 bits per heavy atom. The van der Waals surface area contributed by atoms with Gasteiger partial charge in [-0.2, -0.15) is 4.98 Å². The van der Waals surface area contributed by atoms with E-state index in [0.29, 0.717) is 40.4 Å². The van der Waals surface area contributed by atoms with Crippen LogP contribution in [0.1, 0.15) is 34.7 Å². The number of carbonyl (C=O) groups excluding carboxylic acids is 1. The molecule has 0 unspecified atom stereocenters. The molecule has 1 aliphatic rings. The van der Waals surface area contributed by atoms with E-state index in [1.807, 2.05) is 19.9 Å². The van der Waals surface area contributed by atoms with Crippen molar-refractivity contribution in [2.45, 2.75) is 32.8 Å². The molecule has 3 rings (SSSR count). The van der Waals surface area contributed by atoms with Gasteiger partial charge < -0.3 is 9.64 Å². The standard InChI is InChI=1S/C18H19Cl2N3O2/c1-11-9-17(22-12(2)21-11)25-14-5-7-23(8-6-14)18(24)15-4-3-13(19)10-16(15)20/h3-4,9-10,14H,5-8H2,1-2H3. The minimum atomic E-state index is -0.0751. The molecule has 0 bridgehead atoms. The fraction of sp³-hybridized carbons (Fsp3) is 0.389. The Morgan fingerprint density at radius 1 is 1.16 bits per heavy atom. The number of rotatable bonds is 3. The van der Waals surface area contributed by atoms with Gasteiger partial charge in [0.2, 0.25) is 5.88 Å². The van der Waals surface area contributed by atoms with E-state index in [4.69, 9.17) is 27.9 Å². The van der Waals surface area contributed by atoms with E-state index < -0.39 is 0 Å². The van der Waals surface area contributed by atoms with Crippen molar-refractivity contribution in [3.05, 3.63) is 51.4 Å². The summed E-state index contributed by atoms with van der Waals surface area (Å²) in [7, 11) is 0. The highest BCUT2D eigenvalue weighted by Gasteiger charge is 2.26. The molecule has 7 heteroatoms. The van der Waals surface area contributed by atoms with Crippen molar-refractivity contribution in [1.82, 2.24) is 14.9 Å². The van der Waals surface area contributed by atoms with E-state index in [2.05, 4.69) is 9.97 Å². The predicted octanol–water partition coefficient (Wildman–Crippen LogP) is 4.08. The Hall–Kier alpha value is -1.85. The highest BCUT2D eigenvalue weighted by Crippen LogP contribution is 2.24. The van der Waals surface area contributed by atoms with Crippen LogP contribution in [0.2, 0.25) is 10.0 Å². The number of aromatic nitrogens is 2. The second kappa shape index (κ2) is 7.58. The molecule has 1 aromatic heterocycles. The summed E-state index contributed by atoms with van der Waals surface area (Å²) in [6.45, 7) is 4.99. The summed E-state index contributed by atoms with van der Waals surface area (Å²) < 4.78 is 5.96. The molecule has 2 heterocycles.